The van der Waals surface area contributed by atoms with Crippen LogP contribution < -0.4 is 0 Å². The summed E-state index contributed by atoms with van der Waals surface area (Å²) in [5, 5.41) is 0. The number of hydrogen-bond donors (Lipinski definition) is 0. The van der Waals surface area contributed by atoms with Crippen LogP contribution in [0.15, 0.2) is 30.3 Å². The molecule has 0 aromatic heterocycles. The molecule has 0 aliphatic carbocycles. The van der Waals surface area contributed by atoms with Crippen molar-refractivity contribution in [3.05, 3.63) is 35.9 Å². The molecule has 0 saturated carbocycles. The number of amides is 4. The summed E-state index contributed by atoms with van der Waals surface area (Å²) in [5.41, 5.74) is -0.647. The predicted molar refractivity (Wildman–Crippen MR) is 83.2 cm³/mol. The second-order valence-corrected chi connectivity index (χ2v) is 5.58. The van der Waals surface area contributed by atoms with Gasteiger partial charge in [-0.15, -0.1) is 0 Å². The van der Waals surface area contributed by atoms with Gasteiger partial charge >= 0.3 is 6.03 Å². The number of unbranched alkanes of at least 4 members (excludes halogenated alkanes) is 1. The fourth-order valence-electron chi connectivity index (χ4n) is 2.95. The lowest BCUT2D eigenvalue weighted by molar-refractivity contribution is -0.151. The van der Waals surface area contributed by atoms with Crippen molar-refractivity contribution in [3.63, 3.8) is 0 Å². The van der Waals surface area contributed by atoms with Crippen molar-refractivity contribution in [1.29, 1.82) is 0 Å². The van der Waals surface area contributed by atoms with E-state index in [4.69, 9.17) is 0 Å². The summed E-state index contributed by atoms with van der Waals surface area (Å²) >= 11 is 0. The summed E-state index contributed by atoms with van der Waals surface area (Å²) in [6.07, 6.45) is 1.93. The zero-order valence-electron chi connectivity index (χ0n) is 13.3. The monoisotopic (exact) mass is 302 g/mol. The molecule has 0 bridgehead atoms. The average Bonchev–Trinajstić information content (AvgIpc) is 2.55. The average molecular weight is 302 g/mol. The van der Waals surface area contributed by atoms with Crippen molar-refractivity contribution in [3.8, 4) is 0 Å². The van der Waals surface area contributed by atoms with E-state index in [1.54, 1.807) is 24.3 Å². The summed E-state index contributed by atoms with van der Waals surface area (Å²) < 4.78 is 0. The third kappa shape index (κ3) is 2.30. The van der Waals surface area contributed by atoms with E-state index in [9.17, 15) is 14.4 Å². The molecule has 118 valence electrons. The Hall–Kier alpha value is -2.17. The Morgan fingerprint density at radius 2 is 1.64 bits per heavy atom. The molecule has 0 radical (unpaired) electrons. The van der Waals surface area contributed by atoms with Gasteiger partial charge in [-0.1, -0.05) is 50.6 Å². The van der Waals surface area contributed by atoms with Gasteiger partial charge in [0.25, 0.3) is 11.8 Å². The summed E-state index contributed by atoms with van der Waals surface area (Å²) in [5.74, 6) is -0.841. The van der Waals surface area contributed by atoms with Gasteiger partial charge < -0.3 is 0 Å². The Morgan fingerprint density at radius 1 is 1.00 bits per heavy atom. The number of rotatable bonds is 5. The molecule has 5 heteroatoms. The number of nitrogens with zero attached hydrogens (tertiary/aromatic N) is 2. The Bertz CT molecular complexity index is 585. The molecule has 4 amide bonds. The number of carbonyl (C=O) groups excluding carboxylic acids is 3. The quantitative estimate of drug-likeness (QED) is 0.785. The number of barbiturate groups is 1. The van der Waals surface area contributed by atoms with Crippen molar-refractivity contribution in [2.24, 2.45) is 0 Å². The standard InChI is InChI=1S/C17H22N2O3/c1-4-6-12-19-15(21)17(5-2,13-10-8-7-9-11-13)14(20)18(3)16(19)22/h7-11H,4-6,12H2,1-3H3. The van der Waals surface area contributed by atoms with Gasteiger partial charge in [0.2, 0.25) is 0 Å². The minimum absolute atomic E-state index is 0.328. The summed E-state index contributed by atoms with van der Waals surface area (Å²) in [6.45, 7) is 4.16. The van der Waals surface area contributed by atoms with Gasteiger partial charge in [-0.25, -0.2) is 4.79 Å². The maximum absolute atomic E-state index is 13.0. The first kappa shape index (κ1) is 16.2. The van der Waals surface area contributed by atoms with Crippen LogP contribution in [0.1, 0.15) is 38.7 Å². The minimum Gasteiger partial charge on any atom is -0.273 e. The van der Waals surface area contributed by atoms with Gasteiger partial charge in [0.1, 0.15) is 0 Å². The number of hydrogen-bond acceptors (Lipinski definition) is 3. The fourth-order valence-corrected chi connectivity index (χ4v) is 2.95. The molecule has 1 aliphatic rings. The zero-order valence-corrected chi connectivity index (χ0v) is 13.3. The molecule has 1 atom stereocenters. The van der Waals surface area contributed by atoms with Crippen LogP contribution >= 0.6 is 0 Å². The largest absolute Gasteiger partial charge is 0.333 e. The molecule has 0 N–H and O–H groups in total. The van der Waals surface area contributed by atoms with Gasteiger partial charge in [0.15, 0.2) is 5.41 Å². The normalized spacial score (nSPS) is 22.4. The van der Waals surface area contributed by atoms with Crippen molar-refractivity contribution in [1.82, 2.24) is 9.80 Å². The molecule has 1 aromatic carbocycles. The van der Waals surface area contributed by atoms with Crippen LogP contribution in [0.4, 0.5) is 4.79 Å². The lowest BCUT2D eigenvalue weighted by atomic mass is 9.74. The van der Waals surface area contributed by atoms with Gasteiger partial charge in [0, 0.05) is 13.6 Å². The van der Waals surface area contributed by atoms with Crippen molar-refractivity contribution in [2.75, 3.05) is 13.6 Å². The Balaban J connectivity index is 2.53. The van der Waals surface area contributed by atoms with Gasteiger partial charge in [0.05, 0.1) is 0 Å². The molecule has 2 rings (SSSR count). The van der Waals surface area contributed by atoms with Gasteiger partial charge in [-0.3, -0.25) is 19.4 Å². The van der Waals surface area contributed by atoms with E-state index in [0.29, 0.717) is 18.5 Å². The van der Waals surface area contributed by atoms with Gasteiger partial charge in [-0.05, 0) is 18.4 Å². The summed E-state index contributed by atoms with van der Waals surface area (Å²) in [7, 11) is 1.45. The van der Waals surface area contributed by atoms with E-state index >= 15 is 0 Å². The first-order chi connectivity index (χ1) is 10.5. The van der Waals surface area contributed by atoms with Crippen molar-refractivity contribution < 1.29 is 14.4 Å². The summed E-state index contributed by atoms with van der Waals surface area (Å²) in [6, 6.07) is 8.49. The molecule has 0 spiro atoms. The highest BCUT2D eigenvalue weighted by Crippen LogP contribution is 2.36. The third-order valence-electron chi connectivity index (χ3n) is 4.33. The van der Waals surface area contributed by atoms with Crippen LogP contribution in [0.25, 0.3) is 0 Å². The summed E-state index contributed by atoms with van der Waals surface area (Å²) in [4.78, 5) is 40.4. The van der Waals surface area contributed by atoms with E-state index < -0.39 is 23.3 Å². The Morgan fingerprint density at radius 3 is 2.18 bits per heavy atom. The molecule has 1 fully saturated rings. The van der Waals surface area contributed by atoms with Crippen LogP contribution in [-0.4, -0.2) is 41.2 Å². The van der Waals surface area contributed by atoms with Crippen LogP contribution in [0.5, 0.6) is 0 Å². The van der Waals surface area contributed by atoms with Crippen LogP contribution in [-0.2, 0) is 15.0 Å². The molecule has 1 saturated heterocycles. The maximum Gasteiger partial charge on any atom is 0.333 e. The molecule has 1 unspecified atom stereocenters. The molecule has 1 aliphatic heterocycles. The molecule has 5 nitrogen and oxygen atoms in total. The smallest absolute Gasteiger partial charge is 0.273 e. The van der Waals surface area contributed by atoms with Crippen molar-refractivity contribution in [2.45, 2.75) is 38.5 Å². The number of carbonyl (C=O) groups is 3. The van der Waals surface area contributed by atoms with Crippen LogP contribution in [0, 0.1) is 0 Å². The second-order valence-electron chi connectivity index (χ2n) is 5.58. The first-order valence-electron chi connectivity index (χ1n) is 7.70. The van der Waals surface area contributed by atoms with Crippen LogP contribution in [0.2, 0.25) is 0 Å². The third-order valence-corrected chi connectivity index (χ3v) is 4.33. The van der Waals surface area contributed by atoms with Crippen LogP contribution in [0.3, 0.4) is 0 Å². The number of imide groups is 2. The zero-order chi connectivity index (χ0) is 16.3. The SMILES string of the molecule is CCCCN1C(=O)N(C)C(=O)C(CC)(c2ccccc2)C1=O. The minimum atomic E-state index is -1.29. The number of urea groups is 1. The Kier molecular flexibility index (Phi) is 4.64. The maximum atomic E-state index is 13.0. The highest BCUT2D eigenvalue weighted by atomic mass is 16.2. The molecular formula is C17H22N2O3. The predicted octanol–water partition coefficient (Wildman–Crippen LogP) is 2.56. The van der Waals surface area contributed by atoms with E-state index in [2.05, 4.69) is 0 Å². The van der Waals surface area contributed by atoms with E-state index in [0.717, 1.165) is 17.7 Å². The number of likely N-dealkylation sites (N-methyl/N-ethyl adjacent to an activating group) is 1. The van der Waals surface area contributed by atoms with E-state index in [1.807, 2.05) is 19.9 Å². The first-order valence-corrected chi connectivity index (χ1v) is 7.70. The molecule has 1 heterocycles. The lowest BCUT2D eigenvalue weighted by Gasteiger charge is -2.42. The topological polar surface area (TPSA) is 57.7 Å². The lowest BCUT2D eigenvalue weighted by Crippen LogP contribution is -2.66. The van der Waals surface area contributed by atoms with Crippen molar-refractivity contribution >= 4 is 17.8 Å². The fraction of sp³-hybridized carbons (Fsp3) is 0.471. The highest BCUT2D eigenvalue weighted by Gasteiger charge is 2.56. The molecule has 22 heavy (non-hydrogen) atoms. The molecular weight excluding hydrogens is 280 g/mol. The second kappa shape index (κ2) is 6.30. The van der Waals surface area contributed by atoms with E-state index in [-0.39, 0.29) is 0 Å². The highest BCUT2D eigenvalue weighted by molar-refractivity contribution is 6.22. The van der Waals surface area contributed by atoms with Gasteiger partial charge in [-0.2, -0.15) is 0 Å². The molecule has 1 aromatic rings. The Labute approximate surface area is 130 Å². The van der Waals surface area contributed by atoms with E-state index in [1.165, 1.54) is 11.9 Å². The number of benzene rings is 1.